The Hall–Kier alpha value is -0.410. The highest BCUT2D eigenvalue weighted by Gasteiger charge is 2.50. The molecule has 2 saturated carbocycles. The third-order valence-electron chi connectivity index (χ3n) is 5.09. The van der Waals surface area contributed by atoms with Crippen molar-refractivity contribution in [2.24, 2.45) is 23.0 Å². The van der Waals surface area contributed by atoms with Crippen LogP contribution in [0.25, 0.3) is 0 Å². The van der Waals surface area contributed by atoms with Crippen LogP contribution in [0.15, 0.2) is 0 Å². The lowest BCUT2D eigenvalue weighted by molar-refractivity contribution is 0.171. The molecule has 1 heterocycles. The highest BCUT2D eigenvalue weighted by Crippen LogP contribution is 2.56. The van der Waals surface area contributed by atoms with Gasteiger partial charge in [0.05, 0.1) is 10.7 Å². The standard InChI is InChI=1S/C14H22N2S/c1-9-10(2)17-13(16-9)7-14(8-15)6-11-3-4-12(14)5-11/h11-12H,3-8,15H2,1-2H3. The Morgan fingerprint density at radius 2 is 2.24 bits per heavy atom. The van der Waals surface area contributed by atoms with Crippen molar-refractivity contribution in [3.8, 4) is 0 Å². The summed E-state index contributed by atoms with van der Waals surface area (Å²) >= 11 is 1.88. The van der Waals surface area contributed by atoms with Gasteiger partial charge in [-0.2, -0.15) is 0 Å². The summed E-state index contributed by atoms with van der Waals surface area (Å²) in [6.45, 7) is 5.14. The summed E-state index contributed by atoms with van der Waals surface area (Å²) in [5.41, 5.74) is 7.72. The third kappa shape index (κ3) is 1.84. The summed E-state index contributed by atoms with van der Waals surface area (Å²) < 4.78 is 0. The predicted molar refractivity (Wildman–Crippen MR) is 72.2 cm³/mol. The average molecular weight is 250 g/mol. The van der Waals surface area contributed by atoms with Crippen molar-refractivity contribution in [2.45, 2.75) is 46.0 Å². The van der Waals surface area contributed by atoms with E-state index >= 15 is 0 Å². The molecule has 2 aliphatic rings. The monoisotopic (exact) mass is 250 g/mol. The zero-order valence-corrected chi connectivity index (χ0v) is 11.6. The van der Waals surface area contributed by atoms with Crippen molar-refractivity contribution in [3.05, 3.63) is 15.6 Å². The summed E-state index contributed by atoms with van der Waals surface area (Å²) in [5.74, 6) is 1.84. The van der Waals surface area contributed by atoms with Gasteiger partial charge < -0.3 is 5.73 Å². The zero-order chi connectivity index (χ0) is 12.0. The number of aryl methyl sites for hydroxylation is 2. The van der Waals surface area contributed by atoms with Crippen molar-refractivity contribution < 1.29 is 0 Å². The molecule has 3 heteroatoms. The second-order valence-corrected chi connectivity index (χ2v) is 7.36. The van der Waals surface area contributed by atoms with Crippen molar-refractivity contribution >= 4 is 11.3 Å². The molecular formula is C14H22N2S. The molecule has 0 aromatic carbocycles. The van der Waals surface area contributed by atoms with E-state index in [2.05, 4.69) is 13.8 Å². The molecule has 2 bridgehead atoms. The lowest BCUT2D eigenvalue weighted by Gasteiger charge is -2.36. The Balaban J connectivity index is 1.83. The number of thiazole rings is 1. The quantitative estimate of drug-likeness (QED) is 0.895. The molecular weight excluding hydrogens is 228 g/mol. The molecule has 2 aliphatic carbocycles. The summed E-state index contributed by atoms with van der Waals surface area (Å²) in [5, 5.41) is 1.32. The van der Waals surface area contributed by atoms with Gasteiger partial charge in [-0.15, -0.1) is 11.3 Å². The van der Waals surface area contributed by atoms with E-state index in [1.54, 1.807) is 0 Å². The second kappa shape index (κ2) is 4.06. The molecule has 0 spiro atoms. The normalized spacial score (nSPS) is 35.7. The molecule has 2 nitrogen and oxygen atoms in total. The third-order valence-corrected chi connectivity index (χ3v) is 6.16. The van der Waals surface area contributed by atoms with Crippen LogP contribution in [-0.2, 0) is 6.42 Å². The second-order valence-electron chi connectivity index (χ2n) is 6.07. The van der Waals surface area contributed by atoms with Crippen molar-refractivity contribution in [3.63, 3.8) is 0 Å². The lowest BCUT2D eigenvalue weighted by Crippen LogP contribution is -2.37. The van der Waals surface area contributed by atoms with Crippen molar-refractivity contribution in [1.29, 1.82) is 0 Å². The number of nitrogens with two attached hydrogens (primary N) is 1. The van der Waals surface area contributed by atoms with E-state index in [0.29, 0.717) is 5.41 Å². The summed E-state index contributed by atoms with van der Waals surface area (Å²) in [6.07, 6.45) is 6.77. The molecule has 3 unspecified atom stereocenters. The van der Waals surface area contributed by atoms with Gasteiger partial charge in [-0.1, -0.05) is 6.42 Å². The molecule has 3 rings (SSSR count). The van der Waals surface area contributed by atoms with Gasteiger partial charge in [-0.25, -0.2) is 4.98 Å². The summed E-state index contributed by atoms with van der Waals surface area (Å²) in [6, 6.07) is 0. The maximum absolute atomic E-state index is 6.12. The minimum Gasteiger partial charge on any atom is -0.330 e. The van der Waals surface area contributed by atoms with E-state index in [1.807, 2.05) is 11.3 Å². The van der Waals surface area contributed by atoms with E-state index in [-0.39, 0.29) is 0 Å². The molecule has 2 fully saturated rings. The molecule has 2 N–H and O–H groups in total. The van der Waals surface area contributed by atoms with Gasteiger partial charge in [0.2, 0.25) is 0 Å². The molecule has 94 valence electrons. The maximum Gasteiger partial charge on any atom is 0.0937 e. The maximum atomic E-state index is 6.12. The first-order valence-corrected chi connectivity index (χ1v) is 7.57. The molecule has 1 aromatic heterocycles. The number of fused-ring (bicyclic) bond motifs is 2. The molecule has 0 saturated heterocycles. The highest BCUT2D eigenvalue weighted by molar-refractivity contribution is 7.11. The Labute approximate surface area is 108 Å². The van der Waals surface area contributed by atoms with Crippen LogP contribution >= 0.6 is 11.3 Å². The summed E-state index contributed by atoms with van der Waals surface area (Å²) in [7, 11) is 0. The Morgan fingerprint density at radius 3 is 2.71 bits per heavy atom. The van der Waals surface area contributed by atoms with Crippen LogP contribution in [0.5, 0.6) is 0 Å². The Morgan fingerprint density at radius 1 is 1.41 bits per heavy atom. The largest absolute Gasteiger partial charge is 0.330 e. The molecule has 0 aliphatic heterocycles. The molecule has 3 atom stereocenters. The van der Waals surface area contributed by atoms with Gasteiger partial charge >= 0.3 is 0 Å². The number of hydrogen-bond donors (Lipinski definition) is 1. The number of hydrogen-bond acceptors (Lipinski definition) is 3. The minimum atomic E-state index is 0.389. The smallest absolute Gasteiger partial charge is 0.0937 e. The van der Waals surface area contributed by atoms with Gasteiger partial charge in [-0.05, 0) is 56.9 Å². The van der Waals surface area contributed by atoms with Crippen LogP contribution < -0.4 is 5.73 Å². The van der Waals surface area contributed by atoms with Gasteiger partial charge in [0.25, 0.3) is 0 Å². The van der Waals surface area contributed by atoms with Gasteiger partial charge in [-0.3, -0.25) is 0 Å². The SMILES string of the molecule is Cc1nc(CC2(CN)CC3CCC2C3)sc1C. The fourth-order valence-corrected chi connectivity index (χ4v) is 5.10. The van der Waals surface area contributed by atoms with E-state index < -0.39 is 0 Å². The zero-order valence-electron chi connectivity index (χ0n) is 10.8. The van der Waals surface area contributed by atoms with E-state index in [0.717, 1.165) is 24.8 Å². The van der Waals surface area contributed by atoms with Crippen LogP contribution in [0.2, 0.25) is 0 Å². The first kappa shape index (κ1) is 11.7. The first-order valence-electron chi connectivity index (χ1n) is 6.76. The van der Waals surface area contributed by atoms with Crippen LogP contribution in [0, 0.1) is 31.1 Å². The number of nitrogens with zero attached hydrogens (tertiary/aromatic N) is 1. The fraction of sp³-hybridized carbons (Fsp3) is 0.786. The average Bonchev–Trinajstić information content (AvgIpc) is 2.95. The van der Waals surface area contributed by atoms with Crippen molar-refractivity contribution in [1.82, 2.24) is 4.98 Å². The van der Waals surface area contributed by atoms with Crippen LogP contribution in [0.3, 0.4) is 0 Å². The van der Waals surface area contributed by atoms with Gasteiger partial charge in [0.15, 0.2) is 0 Å². The van der Waals surface area contributed by atoms with Crippen molar-refractivity contribution in [2.75, 3.05) is 6.54 Å². The lowest BCUT2D eigenvalue weighted by atomic mass is 9.71. The van der Waals surface area contributed by atoms with Crippen LogP contribution in [0.1, 0.15) is 41.3 Å². The number of rotatable bonds is 3. The molecule has 17 heavy (non-hydrogen) atoms. The highest BCUT2D eigenvalue weighted by atomic mass is 32.1. The van der Waals surface area contributed by atoms with E-state index in [4.69, 9.17) is 10.7 Å². The first-order chi connectivity index (χ1) is 8.13. The number of aromatic nitrogens is 1. The fourth-order valence-electron chi connectivity index (χ4n) is 4.01. The molecule has 0 amide bonds. The van der Waals surface area contributed by atoms with Gasteiger partial charge in [0, 0.05) is 11.3 Å². The van der Waals surface area contributed by atoms with Crippen LogP contribution in [-0.4, -0.2) is 11.5 Å². The van der Waals surface area contributed by atoms with Crippen LogP contribution in [0.4, 0.5) is 0 Å². The molecule has 1 aromatic rings. The van der Waals surface area contributed by atoms with E-state index in [9.17, 15) is 0 Å². The predicted octanol–water partition coefficient (Wildman–Crippen LogP) is 3.07. The Bertz CT molecular complexity index is 406. The summed E-state index contributed by atoms with van der Waals surface area (Å²) in [4.78, 5) is 6.08. The topological polar surface area (TPSA) is 38.9 Å². The minimum absolute atomic E-state index is 0.389. The molecule has 0 radical (unpaired) electrons. The Kier molecular flexibility index (Phi) is 2.79. The van der Waals surface area contributed by atoms with Gasteiger partial charge in [0.1, 0.15) is 0 Å². The van der Waals surface area contributed by atoms with E-state index in [1.165, 1.54) is 41.3 Å².